The van der Waals surface area contributed by atoms with Crippen LogP contribution in [0, 0.1) is 11.6 Å². The van der Waals surface area contributed by atoms with Crippen LogP contribution in [0.5, 0.6) is 5.75 Å². The van der Waals surface area contributed by atoms with Crippen LogP contribution >= 0.6 is 0 Å². The van der Waals surface area contributed by atoms with Gasteiger partial charge in [0.15, 0.2) is 11.6 Å². The van der Waals surface area contributed by atoms with Crippen molar-refractivity contribution in [3.8, 4) is 16.9 Å². The molecule has 0 saturated heterocycles. The third-order valence-electron chi connectivity index (χ3n) is 2.70. The number of hydrogen-bond donors (Lipinski definition) is 0. The summed E-state index contributed by atoms with van der Waals surface area (Å²) in [6.07, 6.45) is -5.11. The predicted molar refractivity (Wildman–Crippen MR) is 66.4 cm³/mol. The molecule has 0 aliphatic heterocycles. The molecule has 2 aromatic carbocycles. The van der Waals surface area contributed by atoms with E-state index in [4.69, 9.17) is 0 Å². The van der Waals surface area contributed by atoms with Crippen molar-refractivity contribution in [3.05, 3.63) is 48.0 Å². The van der Waals surface area contributed by atoms with Gasteiger partial charge in [0.25, 0.3) is 0 Å². The molecule has 2 rings (SSSR count). The van der Waals surface area contributed by atoms with E-state index in [1.54, 1.807) is 0 Å². The van der Waals surface area contributed by atoms with Gasteiger partial charge in [-0.1, -0.05) is 6.07 Å². The largest absolute Gasteiger partial charge is 1.00 e. The average molecular weight is 376 g/mol. The Balaban J connectivity index is 0.00000288. The zero-order chi connectivity index (χ0) is 17.4. The van der Waals surface area contributed by atoms with Gasteiger partial charge >= 0.3 is 35.9 Å². The Bertz CT molecular complexity index is 852. The maximum Gasteiger partial charge on any atom is 1.00 e. The Morgan fingerprint density at radius 1 is 0.958 bits per heavy atom. The molecule has 0 unspecified atom stereocenters. The van der Waals surface area contributed by atoms with Crippen LogP contribution in [-0.2, 0) is 10.1 Å². The number of hydrogen-bond acceptors (Lipinski definition) is 4. The van der Waals surface area contributed by atoms with Crippen LogP contribution in [0.3, 0.4) is 0 Å². The van der Waals surface area contributed by atoms with Crippen molar-refractivity contribution in [2.75, 3.05) is 0 Å². The van der Waals surface area contributed by atoms with Crippen molar-refractivity contribution in [2.45, 2.75) is 11.3 Å². The molecule has 0 N–H and O–H groups in total. The van der Waals surface area contributed by atoms with E-state index >= 15 is 0 Å². The summed E-state index contributed by atoms with van der Waals surface area (Å²) < 4.78 is 99.6. The minimum Gasteiger partial charge on any atom is -0.744 e. The topological polar surface area (TPSA) is 66.4 Å². The van der Waals surface area contributed by atoms with E-state index in [-0.39, 0.29) is 35.1 Å². The van der Waals surface area contributed by atoms with E-state index in [1.165, 1.54) is 0 Å². The molecule has 0 fully saturated rings. The first-order valence-electron chi connectivity index (χ1n) is 5.78. The van der Waals surface area contributed by atoms with Crippen LogP contribution in [0.4, 0.5) is 22.0 Å². The predicted octanol–water partition coefficient (Wildman–Crippen LogP) is 0.439. The third kappa shape index (κ3) is 5.15. The molecule has 0 spiro atoms. The summed E-state index contributed by atoms with van der Waals surface area (Å²) in [5, 5.41) is 0. The standard InChI is InChI=1S/C13H7F5O4S.Na/c14-10-3-2-8(23(19,20)21)6-9(10)7-1-4-12(11(15)5-7)22-13(16,17)18;/h1-6H,(H,19,20,21);/q;+1/p-1. The first kappa shape index (κ1) is 20.8. The fourth-order valence-corrected chi connectivity index (χ4v) is 2.25. The first-order chi connectivity index (χ1) is 10.5. The van der Waals surface area contributed by atoms with E-state index < -0.39 is 44.3 Å². The molecule has 0 radical (unpaired) electrons. The van der Waals surface area contributed by atoms with Crippen molar-refractivity contribution < 1.29 is 69.2 Å². The van der Waals surface area contributed by atoms with Gasteiger partial charge in [-0.2, -0.15) is 0 Å². The fraction of sp³-hybridized carbons (Fsp3) is 0.0769. The molecule has 0 aromatic heterocycles. The summed E-state index contributed by atoms with van der Waals surface area (Å²) in [5.74, 6) is -3.55. The maximum absolute atomic E-state index is 13.7. The molecule has 124 valence electrons. The summed E-state index contributed by atoms with van der Waals surface area (Å²) in [5.41, 5.74) is -0.723. The summed E-state index contributed by atoms with van der Waals surface area (Å²) >= 11 is 0. The Labute approximate surface area is 155 Å². The second-order valence-corrected chi connectivity index (χ2v) is 5.67. The van der Waals surface area contributed by atoms with Crippen molar-refractivity contribution in [1.82, 2.24) is 0 Å². The van der Waals surface area contributed by atoms with Gasteiger partial charge in [-0.05, 0) is 35.9 Å². The van der Waals surface area contributed by atoms with Crippen LogP contribution in [0.1, 0.15) is 0 Å². The van der Waals surface area contributed by atoms with Crippen LogP contribution in [-0.4, -0.2) is 19.3 Å². The zero-order valence-corrected chi connectivity index (χ0v) is 14.7. The summed E-state index contributed by atoms with van der Waals surface area (Å²) in [6, 6.07) is 4.09. The molecule has 0 bridgehead atoms. The molecule has 2 aromatic rings. The van der Waals surface area contributed by atoms with Crippen molar-refractivity contribution in [1.29, 1.82) is 0 Å². The van der Waals surface area contributed by atoms with Crippen molar-refractivity contribution >= 4 is 10.1 Å². The summed E-state index contributed by atoms with van der Waals surface area (Å²) in [6.45, 7) is 0. The molecule has 0 heterocycles. The average Bonchev–Trinajstić information content (AvgIpc) is 2.39. The SMILES string of the molecule is O=S(=O)([O-])c1ccc(F)c(-c2ccc(OC(F)(F)F)c(F)c2)c1.[Na+]. The molecule has 0 aliphatic rings. The van der Waals surface area contributed by atoms with Gasteiger partial charge in [-0.15, -0.1) is 13.2 Å². The molecule has 4 nitrogen and oxygen atoms in total. The maximum atomic E-state index is 13.7. The molecule has 0 aliphatic carbocycles. The second-order valence-electron chi connectivity index (χ2n) is 4.29. The number of benzene rings is 2. The van der Waals surface area contributed by atoms with Crippen molar-refractivity contribution in [3.63, 3.8) is 0 Å². The monoisotopic (exact) mass is 376 g/mol. The van der Waals surface area contributed by atoms with Gasteiger partial charge in [0.2, 0.25) is 0 Å². The van der Waals surface area contributed by atoms with Gasteiger partial charge in [-0.25, -0.2) is 17.2 Å². The number of rotatable bonds is 3. The Kier molecular flexibility index (Phi) is 6.39. The van der Waals surface area contributed by atoms with E-state index in [2.05, 4.69) is 4.74 Å². The quantitative estimate of drug-likeness (QED) is 0.443. The molecule has 0 amide bonds. The van der Waals surface area contributed by atoms with Crippen LogP contribution in [0.2, 0.25) is 0 Å². The first-order valence-corrected chi connectivity index (χ1v) is 7.19. The second kappa shape index (κ2) is 7.36. The van der Waals surface area contributed by atoms with Gasteiger partial charge < -0.3 is 9.29 Å². The molecular formula is C13H6F5NaO4S. The number of alkyl halides is 3. The van der Waals surface area contributed by atoms with Crippen LogP contribution in [0.25, 0.3) is 11.1 Å². The minimum absolute atomic E-state index is 0. The van der Waals surface area contributed by atoms with E-state index in [1.807, 2.05) is 0 Å². The minimum atomic E-state index is -5.11. The smallest absolute Gasteiger partial charge is 0.744 e. The Morgan fingerprint density at radius 3 is 2.08 bits per heavy atom. The fourth-order valence-electron chi connectivity index (χ4n) is 1.76. The van der Waals surface area contributed by atoms with E-state index in [0.717, 1.165) is 12.1 Å². The van der Waals surface area contributed by atoms with Crippen molar-refractivity contribution in [2.24, 2.45) is 0 Å². The van der Waals surface area contributed by atoms with Gasteiger partial charge in [-0.3, -0.25) is 0 Å². The third-order valence-corrected chi connectivity index (χ3v) is 3.53. The van der Waals surface area contributed by atoms with E-state index in [9.17, 15) is 34.9 Å². The zero-order valence-electron chi connectivity index (χ0n) is 11.9. The summed E-state index contributed by atoms with van der Waals surface area (Å²) in [7, 11) is -4.88. The van der Waals surface area contributed by atoms with Gasteiger partial charge in [0, 0.05) is 5.56 Å². The number of halogens is 5. The normalized spacial score (nSPS) is 11.8. The molecule has 11 heteroatoms. The molecule has 0 atom stereocenters. The van der Waals surface area contributed by atoms with E-state index in [0.29, 0.717) is 24.3 Å². The van der Waals surface area contributed by atoms with Gasteiger partial charge in [0.05, 0.1) is 4.90 Å². The molecule has 0 saturated carbocycles. The van der Waals surface area contributed by atoms with Gasteiger partial charge in [0.1, 0.15) is 15.9 Å². The number of ether oxygens (including phenoxy) is 1. The van der Waals surface area contributed by atoms with Crippen LogP contribution in [0.15, 0.2) is 41.3 Å². The Morgan fingerprint density at radius 2 is 1.58 bits per heavy atom. The molecule has 24 heavy (non-hydrogen) atoms. The summed E-state index contributed by atoms with van der Waals surface area (Å²) in [4.78, 5) is -0.759. The Hall–Kier alpha value is -1.20. The molecular weight excluding hydrogens is 370 g/mol. The van der Waals surface area contributed by atoms with Crippen LogP contribution < -0.4 is 34.3 Å².